The lowest BCUT2D eigenvalue weighted by Crippen LogP contribution is -2.04. The number of carbonyl (C=O) groups is 1. The first-order valence-electron chi connectivity index (χ1n) is 4.54. The van der Waals surface area contributed by atoms with E-state index in [0.717, 1.165) is 0 Å². The Morgan fingerprint density at radius 2 is 2.07 bits per heavy atom. The fraction of sp³-hybridized carbons (Fsp3) is 0.364. The minimum atomic E-state index is -0.0410. The van der Waals surface area contributed by atoms with E-state index in [-0.39, 0.29) is 5.78 Å². The predicted octanol–water partition coefficient (Wildman–Crippen LogP) is 2.52. The van der Waals surface area contributed by atoms with E-state index in [1.807, 2.05) is 0 Å². The molecule has 0 radical (unpaired) electrons. The second-order valence-electron chi connectivity index (χ2n) is 2.90. The predicted molar refractivity (Wildman–Crippen MR) is 59.2 cm³/mol. The Morgan fingerprint density at radius 1 is 1.33 bits per heavy atom. The first kappa shape index (κ1) is 11.9. The summed E-state index contributed by atoms with van der Waals surface area (Å²) in [5, 5.41) is 0. The summed E-state index contributed by atoms with van der Waals surface area (Å²) in [7, 11) is 3.04. The van der Waals surface area contributed by atoms with Crippen LogP contribution in [0.4, 0.5) is 0 Å². The van der Waals surface area contributed by atoms with Crippen LogP contribution in [0.1, 0.15) is 16.8 Å². The lowest BCUT2D eigenvalue weighted by atomic mass is 10.1. The molecule has 0 bridgehead atoms. The Kier molecular flexibility index (Phi) is 4.43. The highest BCUT2D eigenvalue weighted by molar-refractivity contribution is 6.19. The number of hydrogen-bond donors (Lipinski definition) is 0. The van der Waals surface area contributed by atoms with Crippen LogP contribution < -0.4 is 9.47 Å². The first-order chi connectivity index (χ1) is 7.24. The summed E-state index contributed by atoms with van der Waals surface area (Å²) in [6, 6.07) is 5.20. The minimum Gasteiger partial charge on any atom is -0.493 e. The molecule has 0 amide bonds. The van der Waals surface area contributed by atoms with Gasteiger partial charge in [0.05, 0.1) is 19.8 Å². The van der Waals surface area contributed by atoms with Crippen molar-refractivity contribution in [2.24, 2.45) is 0 Å². The van der Waals surface area contributed by atoms with Gasteiger partial charge in [-0.2, -0.15) is 0 Å². The van der Waals surface area contributed by atoms with Gasteiger partial charge in [0.25, 0.3) is 0 Å². The quantitative estimate of drug-likeness (QED) is 0.574. The van der Waals surface area contributed by atoms with Gasteiger partial charge in [0.2, 0.25) is 0 Å². The number of halogens is 1. The number of para-hydroxylation sites is 1. The molecule has 0 saturated heterocycles. The van der Waals surface area contributed by atoms with E-state index < -0.39 is 0 Å². The van der Waals surface area contributed by atoms with Crippen LogP contribution in [0.5, 0.6) is 11.5 Å². The number of ketones is 1. The van der Waals surface area contributed by atoms with Crippen molar-refractivity contribution in [3.8, 4) is 11.5 Å². The standard InChI is InChI=1S/C11H13ClO3/c1-14-10-5-3-4-8(11(10)15-2)9(13)6-7-12/h3-5H,6-7H2,1-2H3. The summed E-state index contributed by atoms with van der Waals surface area (Å²) in [5.41, 5.74) is 0.512. The highest BCUT2D eigenvalue weighted by Crippen LogP contribution is 2.31. The van der Waals surface area contributed by atoms with E-state index >= 15 is 0 Å². The number of alkyl halides is 1. The van der Waals surface area contributed by atoms with E-state index in [2.05, 4.69) is 0 Å². The van der Waals surface area contributed by atoms with Crippen LogP contribution in [0.2, 0.25) is 0 Å². The molecule has 0 aliphatic heterocycles. The number of methoxy groups -OCH3 is 2. The van der Waals surface area contributed by atoms with Crippen LogP contribution >= 0.6 is 11.6 Å². The van der Waals surface area contributed by atoms with Gasteiger partial charge in [-0.25, -0.2) is 0 Å². The number of hydrogen-bond acceptors (Lipinski definition) is 3. The number of carbonyl (C=O) groups excluding carboxylic acids is 1. The van der Waals surface area contributed by atoms with E-state index in [0.29, 0.717) is 29.4 Å². The summed E-state index contributed by atoms with van der Waals surface area (Å²) in [5.74, 6) is 1.29. The number of benzene rings is 1. The van der Waals surface area contributed by atoms with Crippen LogP contribution in [0, 0.1) is 0 Å². The molecule has 82 valence electrons. The molecule has 0 aliphatic rings. The largest absolute Gasteiger partial charge is 0.493 e. The average molecular weight is 229 g/mol. The zero-order chi connectivity index (χ0) is 11.3. The molecule has 0 heterocycles. The lowest BCUT2D eigenvalue weighted by Gasteiger charge is -2.10. The Morgan fingerprint density at radius 3 is 2.60 bits per heavy atom. The van der Waals surface area contributed by atoms with Crippen molar-refractivity contribution in [2.45, 2.75) is 6.42 Å². The van der Waals surface area contributed by atoms with E-state index in [4.69, 9.17) is 21.1 Å². The molecule has 0 saturated carbocycles. The maximum absolute atomic E-state index is 11.7. The van der Waals surface area contributed by atoms with Crippen molar-refractivity contribution in [1.82, 2.24) is 0 Å². The van der Waals surface area contributed by atoms with Gasteiger partial charge in [-0.15, -0.1) is 11.6 Å². The zero-order valence-electron chi connectivity index (χ0n) is 8.75. The second-order valence-corrected chi connectivity index (χ2v) is 3.28. The maximum Gasteiger partial charge on any atom is 0.171 e. The fourth-order valence-electron chi connectivity index (χ4n) is 1.33. The van der Waals surface area contributed by atoms with Crippen molar-refractivity contribution in [3.05, 3.63) is 23.8 Å². The van der Waals surface area contributed by atoms with Gasteiger partial charge in [-0.05, 0) is 12.1 Å². The molecule has 0 aromatic heterocycles. The fourth-order valence-corrected chi connectivity index (χ4v) is 1.50. The van der Waals surface area contributed by atoms with Gasteiger partial charge < -0.3 is 9.47 Å². The number of rotatable bonds is 5. The third-order valence-electron chi connectivity index (χ3n) is 2.02. The third-order valence-corrected chi connectivity index (χ3v) is 2.21. The number of Topliss-reactive ketones (excluding diaryl/α,β-unsaturated/α-hetero) is 1. The summed E-state index contributed by atoms with van der Waals surface area (Å²) in [6.07, 6.45) is 0.297. The maximum atomic E-state index is 11.7. The van der Waals surface area contributed by atoms with E-state index in [1.165, 1.54) is 14.2 Å². The van der Waals surface area contributed by atoms with Crippen molar-refractivity contribution in [2.75, 3.05) is 20.1 Å². The van der Waals surface area contributed by atoms with E-state index in [1.54, 1.807) is 18.2 Å². The minimum absolute atomic E-state index is 0.0410. The molecule has 3 nitrogen and oxygen atoms in total. The average Bonchev–Trinajstić information content (AvgIpc) is 2.28. The van der Waals surface area contributed by atoms with Gasteiger partial charge in [-0.1, -0.05) is 6.07 Å². The Hall–Kier alpha value is -1.22. The van der Waals surface area contributed by atoms with Crippen LogP contribution in [-0.4, -0.2) is 25.9 Å². The van der Waals surface area contributed by atoms with E-state index in [9.17, 15) is 4.79 Å². The topological polar surface area (TPSA) is 35.5 Å². The normalized spacial score (nSPS) is 9.80. The van der Waals surface area contributed by atoms with Crippen molar-refractivity contribution in [1.29, 1.82) is 0 Å². The van der Waals surface area contributed by atoms with Gasteiger partial charge >= 0.3 is 0 Å². The van der Waals surface area contributed by atoms with Crippen LogP contribution in [0.15, 0.2) is 18.2 Å². The smallest absolute Gasteiger partial charge is 0.171 e. The molecule has 4 heteroatoms. The SMILES string of the molecule is COc1cccc(C(=O)CCCl)c1OC. The molecule has 0 N–H and O–H groups in total. The molecule has 15 heavy (non-hydrogen) atoms. The van der Waals surface area contributed by atoms with Gasteiger partial charge in [0, 0.05) is 12.3 Å². The monoisotopic (exact) mass is 228 g/mol. The zero-order valence-corrected chi connectivity index (χ0v) is 9.50. The van der Waals surface area contributed by atoms with Gasteiger partial charge in [0.15, 0.2) is 17.3 Å². The van der Waals surface area contributed by atoms with Crippen molar-refractivity contribution in [3.63, 3.8) is 0 Å². The van der Waals surface area contributed by atoms with Gasteiger partial charge in [-0.3, -0.25) is 4.79 Å². The molecule has 0 atom stereocenters. The Balaban J connectivity index is 3.11. The summed E-state index contributed by atoms with van der Waals surface area (Å²) in [6.45, 7) is 0. The third kappa shape index (κ3) is 2.63. The Bertz CT molecular complexity index is 350. The van der Waals surface area contributed by atoms with Crippen LogP contribution in [0.25, 0.3) is 0 Å². The molecule has 1 aromatic carbocycles. The molecular formula is C11H13ClO3. The Labute approximate surface area is 93.9 Å². The van der Waals surface area contributed by atoms with Crippen molar-refractivity contribution >= 4 is 17.4 Å². The molecule has 1 aromatic rings. The summed E-state index contributed by atoms with van der Waals surface area (Å²) >= 11 is 5.52. The summed E-state index contributed by atoms with van der Waals surface area (Å²) < 4.78 is 10.2. The molecule has 0 spiro atoms. The molecule has 0 unspecified atom stereocenters. The molecule has 1 rings (SSSR count). The van der Waals surface area contributed by atoms with Crippen LogP contribution in [-0.2, 0) is 0 Å². The first-order valence-corrected chi connectivity index (χ1v) is 5.08. The lowest BCUT2D eigenvalue weighted by molar-refractivity contribution is 0.0985. The highest BCUT2D eigenvalue weighted by atomic mass is 35.5. The molecule has 0 aliphatic carbocycles. The van der Waals surface area contributed by atoms with Crippen LogP contribution in [0.3, 0.4) is 0 Å². The highest BCUT2D eigenvalue weighted by Gasteiger charge is 2.15. The van der Waals surface area contributed by atoms with Crippen molar-refractivity contribution < 1.29 is 14.3 Å². The van der Waals surface area contributed by atoms with Gasteiger partial charge in [0.1, 0.15) is 0 Å². The second kappa shape index (κ2) is 5.61. The molecular weight excluding hydrogens is 216 g/mol. The molecule has 0 fully saturated rings. The number of ether oxygens (including phenoxy) is 2. The summed E-state index contributed by atoms with van der Waals surface area (Å²) in [4.78, 5) is 11.7.